The highest BCUT2D eigenvalue weighted by Gasteiger charge is 2.06. The summed E-state index contributed by atoms with van der Waals surface area (Å²) in [6.45, 7) is 5.51. The molecule has 3 rings (SSSR count). The highest BCUT2D eigenvalue weighted by atomic mass is 19.1. The van der Waals surface area contributed by atoms with E-state index in [0.717, 1.165) is 25.7 Å². The first kappa shape index (κ1) is 40.5. The zero-order valence-electron chi connectivity index (χ0n) is 30.6. The summed E-state index contributed by atoms with van der Waals surface area (Å²) in [4.78, 5) is 8.50. The van der Waals surface area contributed by atoms with Crippen LogP contribution in [0.4, 0.5) is 8.78 Å². The van der Waals surface area contributed by atoms with Gasteiger partial charge in [-0.25, -0.2) is 18.7 Å². The number of benzene rings is 2. The van der Waals surface area contributed by atoms with Crippen molar-refractivity contribution in [2.45, 2.75) is 142 Å². The fourth-order valence-electron chi connectivity index (χ4n) is 5.66. The highest BCUT2D eigenvalue weighted by molar-refractivity contribution is 5.45. The number of hydrogen-bond donors (Lipinski definition) is 0. The molecule has 50 heavy (non-hydrogen) atoms. The molecule has 0 bridgehead atoms. The first-order valence-corrected chi connectivity index (χ1v) is 19.3. The third kappa shape index (κ3) is 17.7. The number of aromatic nitrogens is 2. The second kappa shape index (κ2) is 26.0. The fraction of sp³-hybridized carbons (Fsp3) is 0.545. The molecule has 0 saturated heterocycles. The lowest BCUT2D eigenvalue weighted by Crippen LogP contribution is -1.99. The zero-order valence-corrected chi connectivity index (χ0v) is 30.6. The predicted octanol–water partition coefficient (Wildman–Crippen LogP) is 12.2. The van der Waals surface area contributed by atoms with Crippen LogP contribution in [0.25, 0.3) is 0 Å². The van der Waals surface area contributed by atoms with Gasteiger partial charge >= 0.3 is 0 Å². The van der Waals surface area contributed by atoms with Gasteiger partial charge in [0, 0.05) is 23.5 Å². The van der Waals surface area contributed by atoms with Crippen molar-refractivity contribution in [1.29, 1.82) is 0 Å². The van der Waals surface area contributed by atoms with Gasteiger partial charge < -0.3 is 9.47 Å². The van der Waals surface area contributed by atoms with E-state index in [0.29, 0.717) is 35.7 Å². The van der Waals surface area contributed by atoms with Crippen LogP contribution in [0.2, 0.25) is 0 Å². The third-order valence-electron chi connectivity index (χ3n) is 8.70. The molecule has 270 valence electrons. The van der Waals surface area contributed by atoms with E-state index in [1.54, 1.807) is 36.7 Å². The van der Waals surface area contributed by atoms with Crippen LogP contribution in [-0.2, 0) is 0 Å². The van der Waals surface area contributed by atoms with E-state index >= 15 is 0 Å². The smallest absolute Gasteiger partial charge is 0.205 e. The van der Waals surface area contributed by atoms with Gasteiger partial charge in [-0.1, -0.05) is 147 Å². The van der Waals surface area contributed by atoms with E-state index in [4.69, 9.17) is 9.47 Å². The molecule has 0 radical (unpaired) electrons. The van der Waals surface area contributed by atoms with Crippen molar-refractivity contribution in [3.05, 3.63) is 82.9 Å². The molecule has 1 heterocycles. The zero-order chi connectivity index (χ0) is 35.5. The highest BCUT2D eigenvalue weighted by Crippen LogP contribution is 2.20. The lowest BCUT2D eigenvalue weighted by atomic mass is 10.1. The van der Waals surface area contributed by atoms with Crippen molar-refractivity contribution in [2.75, 3.05) is 13.2 Å². The lowest BCUT2D eigenvalue weighted by molar-refractivity contribution is 0.290. The minimum atomic E-state index is -0.430. The predicted molar refractivity (Wildman–Crippen MR) is 201 cm³/mol. The fourth-order valence-corrected chi connectivity index (χ4v) is 5.66. The van der Waals surface area contributed by atoms with Crippen molar-refractivity contribution < 1.29 is 18.3 Å². The molecular weight excluding hydrogens is 626 g/mol. The summed E-state index contributed by atoms with van der Waals surface area (Å²) in [6, 6.07) is 9.49. The molecule has 0 amide bonds. The quantitative estimate of drug-likeness (QED) is 0.0696. The Kier molecular flexibility index (Phi) is 21.1. The summed E-state index contributed by atoms with van der Waals surface area (Å²) >= 11 is 0. The Morgan fingerprint density at radius 2 is 0.820 bits per heavy atom. The number of ether oxygens (including phenoxy) is 2. The molecule has 0 saturated carbocycles. The van der Waals surface area contributed by atoms with Crippen LogP contribution in [0.3, 0.4) is 0 Å². The van der Waals surface area contributed by atoms with Crippen LogP contribution in [0.5, 0.6) is 11.5 Å². The summed E-state index contributed by atoms with van der Waals surface area (Å²) in [7, 11) is 0. The SMILES string of the molecule is CCCCCCCCCCCCOc1ccc(C#Cc2cnc(C#Cc3ccc(OCCCCCCCCCCCC)c(F)c3)nc2)cc1F. The van der Waals surface area contributed by atoms with Crippen LogP contribution in [0.15, 0.2) is 48.8 Å². The average Bonchev–Trinajstić information content (AvgIpc) is 3.13. The molecule has 0 aliphatic carbocycles. The number of rotatable bonds is 24. The van der Waals surface area contributed by atoms with Gasteiger partial charge in [0.05, 0.1) is 18.8 Å². The van der Waals surface area contributed by atoms with E-state index in [1.807, 2.05) is 0 Å². The van der Waals surface area contributed by atoms with Crippen LogP contribution < -0.4 is 9.47 Å². The average molecular weight is 685 g/mol. The van der Waals surface area contributed by atoms with Gasteiger partial charge in [-0.3, -0.25) is 0 Å². The molecule has 0 atom stereocenters. The van der Waals surface area contributed by atoms with Gasteiger partial charge in [-0.05, 0) is 55.2 Å². The van der Waals surface area contributed by atoms with Gasteiger partial charge in [0.25, 0.3) is 0 Å². The van der Waals surface area contributed by atoms with E-state index in [2.05, 4.69) is 47.5 Å². The van der Waals surface area contributed by atoms with E-state index < -0.39 is 11.6 Å². The first-order chi connectivity index (χ1) is 24.6. The largest absolute Gasteiger partial charge is 0.491 e. The van der Waals surface area contributed by atoms with E-state index in [-0.39, 0.29) is 11.5 Å². The summed E-state index contributed by atoms with van der Waals surface area (Å²) in [5.41, 5.74) is 1.63. The van der Waals surface area contributed by atoms with Gasteiger partial charge in [-0.2, -0.15) is 0 Å². The Balaban J connectivity index is 1.34. The molecular formula is C44H58F2N2O2. The minimum absolute atomic E-state index is 0.247. The van der Waals surface area contributed by atoms with Gasteiger partial charge in [0.2, 0.25) is 5.82 Å². The maximum absolute atomic E-state index is 14.6. The molecule has 0 spiro atoms. The molecule has 0 aliphatic rings. The Labute approximate surface area is 301 Å². The molecule has 0 N–H and O–H groups in total. The van der Waals surface area contributed by atoms with Crippen LogP contribution >= 0.6 is 0 Å². The van der Waals surface area contributed by atoms with Crippen molar-refractivity contribution in [3.63, 3.8) is 0 Å². The standard InChI is InChI=1S/C44H58F2N2O2/c1-3-5-7-9-11-13-15-17-19-21-31-49-42-28-25-37(33-40(42)45)23-24-39-35-47-44(48-36-39)30-27-38-26-29-43(41(46)34-38)50-32-22-20-18-16-14-12-10-8-6-4-2/h25-26,28-29,33-36H,3-22,31-32H2,1-2H3. The van der Waals surface area contributed by atoms with E-state index in [1.165, 1.54) is 115 Å². The second-order valence-corrected chi connectivity index (χ2v) is 13.1. The second-order valence-electron chi connectivity index (χ2n) is 13.1. The number of unbranched alkanes of at least 4 members (excludes halogenated alkanes) is 18. The molecule has 0 unspecified atom stereocenters. The van der Waals surface area contributed by atoms with Crippen molar-refractivity contribution in [2.24, 2.45) is 0 Å². The Morgan fingerprint density at radius 1 is 0.460 bits per heavy atom. The molecule has 2 aromatic carbocycles. The molecule has 6 heteroatoms. The Morgan fingerprint density at radius 3 is 1.22 bits per heavy atom. The number of nitrogens with zero attached hydrogens (tertiary/aromatic N) is 2. The van der Waals surface area contributed by atoms with Gasteiger partial charge in [0.1, 0.15) is 0 Å². The van der Waals surface area contributed by atoms with Gasteiger partial charge in [-0.15, -0.1) is 0 Å². The minimum Gasteiger partial charge on any atom is -0.491 e. The number of halogens is 2. The molecule has 4 nitrogen and oxygen atoms in total. The van der Waals surface area contributed by atoms with Crippen molar-refractivity contribution in [1.82, 2.24) is 9.97 Å². The molecule has 3 aromatic rings. The normalized spacial score (nSPS) is 10.6. The summed E-state index contributed by atoms with van der Waals surface area (Å²) in [6.07, 6.45) is 28.1. The molecule has 1 aromatic heterocycles. The third-order valence-corrected chi connectivity index (χ3v) is 8.70. The summed E-state index contributed by atoms with van der Waals surface area (Å²) in [5.74, 6) is 11.6. The number of hydrogen-bond acceptors (Lipinski definition) is 4. The van der Waals surface area contributed by atoms with Gasteiger partial charge in [0.15, 0.2) is 23.1 Å². The van der Waals surface area contributed by atoms with Crippen molar-refractivity contribution >= 4 is 0 Å². The Bertz CT molecular complexity index is 1370. The summed E-state index contributed by atoms with van der Waals surface area (Å²) in [5, 5.41) is 0. The molecule has 0 fully saturated rings. The maximum Gasteiger partial charge on any atom is 0.205 e. The van der Waals surface area contributed by atoms with Crippen LogP contribution in [0, 0.1) is 35.3 Å². The topological polar surface area (TPSA) is 44.2 Å². The molecule has 0 aliphatic heterocycles. The van der Waals surface area contributed by atoms with Crippen LogP contribution in [0.1, 0.15) is 165 Å². The lowest BCUT2D eigenvalue weighted by Gasteiger charge is -2.07. The Hall–Kier alpha value is -3.90. The van der Waals surface area contributed by atoms with E-state index in [9.17, 15) is 8.78 Å². The maximum atomic E-state index is 14.6. The first-order valence-electron chi connectivity index (χ1n) is 19.3. The van der Waals surface area contributed by atoms with Crippen molar-refractivity contribution in [3.8, 4) is 35.2 Å². The van der Waals surface area contributed by atoms with Crippen LogP contribution in [-0.4, -0.2) is 23.2 Å². The monoisotopic (exact) mass is 684 g/mol. The summed E-state index contributed by atoms with van der Waals surface area (Å²) < 4.78 is 40.5.